The Bertz CT molecular complexity index is 367. The van der Waals surface area contributed by atoms with E-state index in [1.54, 1.807) is 6.20 Å². The van der Waals surface area contributed by atoms with Crippen LogP contribution < -0.4 is 4.90 Å². The normalized spacial score (nSPS) is 20.1. The maximum Gasteiger partial charge on any atom is 0.129 e. The van der Waals surface area contributed by atoms with E-state index < -0.39 is 0 Å². The first-order chi connectivity index (χ1) is 7.72. The molecule has 1 aromatic rings. The van der Waals surface area contributed by atoms with Crippen LogP contribution in [0.4, 0.5) is 5.82 Å². The van der Waals surface area contributed by atoms with Gasteiger partial charge in [-0.1, -0.05) is 11.6 Å². The van der Waals surface area contributed by atoms with Crippen LogP contribution in [0.1, 0.15) is 12.0 Å². The molecule has 0 spiro atoms. The van der Waals surface area contributed by atoms with Gasteiger partial charge in [-0.2, -0.15) is 0 Å². The third-order valence-electron chi connectivity index (χ3n) is 2.91. The molecule has 1 atom stereocenters. The van der Waals surface area contributed by atoms with Crippen molar-refractivity contribution in [3.8, 4) is 0 Å². The number of nitrogens with zero attached hydrogens (tertiary/aromatic N) is 2. The fourth-order valence-electron chi connectivity index (χ4n) is 1.80. The largest absolute Gasteiger partial charge is 0.392 e. The average Bonchev–Trinajstić information content (AvgIpc) is 2.82. The van der Waals surface area contributed by atoms with Crippen molar-refractivity contribution in [2.24, 2.45) is 0 Å². The molecule has 1 saturated heterocycles. The minimum absolute atomic E-state index is 0.0661. The first-order valence-corrected chi connectivity index (χ1v) is 5.66. The quantitative estimate of drug-likeness (QED) is 0.872. The Morgan fingerprint density at radius 1 is 1.69 bits per heavy atom. The zero-order valence-electron chi connectivity index (χ0n) is 9.19. The Balaban J connectivity index is 2.19. The Morgan fingerprint density at radius 3 is 3.12 bits per heavy atom. The maximum absolute atomic E-state index is 9.13. The van der Waals surface area contributed by atoms with Crippen molar-refractivity contribution in [3.63, 3.8) is 0 Å². The van der Waals surface area contributed by atoms with Gasteiger partial charge < -0.3 is 14.7 Å². The van der Waals surface area contributed by atoms with Gasteiger partial charge in [0.2, 0.25) is 0 Å². The summed E-state index contributed by atoms with van der Waals surface area (Å²) in [6, 6.07) is 2.18. The second kappa shape index (κ2) is 4.99. The fourth-order valence-corrected chi connectivity index (χ4v) is 1.96. The summed E-state index contributed by atoms with van der Waals surface area (Å²) in [5.74, 6) is 0.823. The lowest BCUT2D eigenvalue weighted by atomic mass is 10.2. The lowest BCUT2D eigenvalue weighted by molar-refractivity contribution is 0.193. The molecule has 1 N–H and O–H groups in total. The molecule has 1 aliphatic heterocycles. The van der Waals surface area contributed by atoms with Gasteiger partial charge in [0.05, 0.1) is 24.3 Å². The van der Waals surface area contributed by atoms with Crippen LogP contribution in [-0.2, 0) is 11.3 Å². The third kappa shape index (κ3) is 2.29. The Morgan fingerprint density at radius 2 is 2.50 bits per heavy atom. The van der Waals surface area contributed by atoms with E-state index in [0.29, 0.717) is 16.6 Å². The number of aliphatic hydroxyl groups excluding tert-OH is 1. The number of rotatable bonds is 3. The lowest BCUT2D eigenvalue weighted by Crippen LogP contribution is -2.32. The zero-order chi connectivity index (χ0) is 11.5. The molecule has 16 heavy (non-hydrogen) atoms. The van der Waals surface area contributed by atoms with Crippen molar-refractivity contribution in [1.29, 1.82) is 0 Å². The van der Waals surface area contributed by atoms with E-state index in [1.807, 2.05) is 13.1 Å². The Kier molecular flexibility index (Phi) is 3.63. The summed E-state index contributed by atoms with van der Waals surface area (Å²) in [5.41, 5.74) is 0.706. The molecule has 1 fully saturated rings. The Labute approximate surface area is 99.8 Å². The highest BCUT2D eigenvalue weighted by molar-refractivity contribution is 6.31. The second-order valence-corrected chi connectivity index (χ2v) is 4.33. The van der Waals surface area contributed by atoms with Crippen LogP contribution in [0.15, 0.2) is 12.3 Å². The minimum Gasteiger partial charge on any atom is -0.392 e. The third-order valence-corrected chi connectivity index (χ3v) is 3.25. The molecule has 0 aromatic carbocycles. The molecule has 4 nitrogen and oxygen atoms in total. The molecule has 2 rings (SSSR count). The van der Waals surface area contributed by atoms with Gasteiger partial charge in [0.25, 0.3) is 0 Å². The summed E-state index contributed by atoms with van der Waals surface area (Å²) in [6.07, 6.45) is 2.59. The number of ether oxygens (including phenoxy) is 1. The van der Waals surface area contributed by atoms with Gasteiger partial charge in [0, 0.05) is 25.4 Å². The van der Waals surface area contributed by atoms with E-state index in [0.717, 1.165) is 25.5 Å². The molecule has 0 radical (unpaired) electrons. The first-order valence-electron chi connectivity index (χ1n) is 5.28. The molecule has 1 unspecified atom stereocenters. The average molecular weight is 243 g/mol. The lowest BCUT2D eigenvalue weighted by Gasteiger charge is -2.24. The summed E-state index contributed by atoms with van der Waals surface area (Å²) in [6.45, 7) is 1.47. The van der Waals surface area contributed by atoms with E-state index in [-0.39, 0.29) is 6.61 Å². The van der Waals surface area contributed by atoms with Crippen LogP contribution in [0, 0.1) is 0 Å². The van der Waals surface area contributed by atoms with E-state index in [4.69, 9.17) is 21.4 Å². The first kappa shape index (κ1) is 11.6. The molecule has 2 heterocycles. The number of halogens is 1. The van der Waals surface area contributed by atoms with Gasteiger partial charge in [-0.15, -0.1) is 0 Å². The zero-order valence-corrected chi connectivity index (χ0v) is 9.94. The van der Waals surface area contributed by atoms with Crippen LogP contribution in [0.3, 0.4) is 0 Å². The molecular formula is C11H15ClN2O2. The van der Waals surface area contributed by atoms with Gasteiger partial charge in [0.15, 0.2) is 0 Å². The van der Waals surface area contributed by atoms with Crippen molar-refractivity contribution in [2.45, 2.75) is 19.1 Å². The predicted molar refractivity (Wildman–Crippen MR) is 62.8 cm³/mol. The molecule has 5 heteroatoms. The van der Waals surface area contributed by atoms with Crippen molar-refractivity contribution >= 4 is 17.4 Å². The van der Waals surface area contributed by atoms with Crippen LogP contribution in [0.2, 0.25) is 5.02 Å². The molecular weight excluding hydrogens is 228 g/mol. The van der Waals surface area contributed by atoms with E-state index in [2.05, 4.69) is 9.88 Å². The van der Waals surface area contributed by atoms with Crippen LogP contribution in [-0.4, -0.2) is 36.4 Å². The van der Waals surface area contributed by atoms with Gasteiger partial charge in [-0.3, -0.25) is 0 Å². The van der Waals surface area contributed by atoms with E-state index >= 15 is 0 Å². The smallest absolute Gasteiger partial charge is 0.129 e. The minimum atomic E-state index is -0.0661. The highest BCUT2D eigenvalue weighted by Gasteiger charge is 2.21. The molecule has 1 aliphatic rings. The Hall–Kier alpha value is -0.840. The molecule has 0 bridgehead atoms. The van der Waals surface area contributed by atoms with E-state index in [1.165, 1.54) is 0 Å². The van der Waals surface area contributed by atoms with Crippen LogP contribution in [0.25, 0.3) is 0 Å². The predicted octanol–water partition coefficient (Wildman–Crippen LogP) is 1.45. The summed E-state index contributed by atoms with van der Waals surface area (Å²) < 4.78 is 5.34. The summed E-state index contributed by atoms with van der Waals surface area (Å²) in [4.78, 5) is 6.33. The number of aromatic nitrogens is 1. The van der Waals surface area contributed by atoms with Crippen molar-refractivity contribution in [1.82, 2.24) is 4.98 Å². The van der Waals surface area contributed by atoms with E-state index in [9.17, 15) is 0 Å². The van der Waals surface area contributed by atoms with Gasteiger partial charge >= 0.3 is 0 Å². The van der Waals surface area contributed by atoms with Crippen LogP contribution >= 0.6 is 11.6 Å². The molecule has 0 aliphatic carbocycles. The monoisotopic (exact) mass is 242 g/mol. The summed E-state index contributed by atoms with van der Waals surface area (Å²) >= 11 is 5.89. The molecule has 1 aromatic heterocycles. The van der Waals surface area contributed by atoms with Crippen LogP contribution in [0.5, 0.6) is 0 Å². The van der Waals surface area contributed by atoms with Crippen molar-refractivity contribution < 1.29 is 9.84 Å². The maximum atomic E-state index is 9.13. The molecule has 0 amide bonds. The molecule has 88 valence electrons. The van der Waals surface area contributed by atoms with Gasteiger partial charge in [-0.05, 0) is 12.5 Å². The standard InChI is InChI=1S/C11H15ClN2O2/c1-14(9-2-3-16-7-9)11-4-8(6-15)10(12)5-13-11/h4-5,9,15H,2-3,6-7H2,1H3. The number of aliphatic hydroxyl groups is 1. The van der Waals surface area contributed by atoms with Gasteiger partial charge in [0.1, 0.15) is 5.82 Å². The molecule has 0 saturated carbocycles. The number of likely N-dealkylation sites (N-methyl/N-ethyl adjacent to an activating group) is 1. The number of hydrogen-bond acceptors (Lipinski definition) is 4. The fraction of sp³-hybridized carbons (Fsp3) is 0.545. The summed E-state index contributed by atoms with van der Waals surface area (Å²) in [5, 5.41) is 9.64. The number of hydrogen-bond donors (Lipinski definition) is 1. The van der Waals surface area contributed by atoms with Crippen molar-refractivity contribution in [3.05, 3.63) is 22.8 Å². The summed E-state index contributed by atoms with van der Waals surface area (Å²) in [7, 11) is 1.98. The second-order valence-electron chi connectivity index (χ2n) is 3.92. The highest BCUT2D eigenvalue weighted by Crippen LogP contribution is 2.23. The van der Waals surface area contributed by atoms with Crippen molar-refractivity contribution in [2.75, 3.05) is 25.2 Å². The SMILES string of the molecule is CN(c1cc(CO)c(Cl)cn1)C1CCOC1. The topological polar surface area (TPSA) is 45.6 Å². The number of anilines is 1. The van der Waals surface area contributed by atoms with Gasteiger partial charge in [-0.25, -0.2) is 4.98 Å². The highest BCUT2D eigenvalue weighted by atomic mass is 35.5. The number of pyridine rings is 1.